The van der Waals surface area contributed by atoms with Crippen LogP contribution in [0.4, 0.5) is 0 Å². The normalized spacial score (nSPS) is 23.1. The number of rotatable bonds is 5. The smallest absolute Gasteiger partial charge is 0.0954 e. The van der Waals surface area contributed by atoms with Gasteiger partial charge in [-0.3, -0.25) is 4.90 Å². The summed E-state index contributed by atoms with van der Waals surface area (Å²) in [5, 5.41) is 1.05. The van der Waals surface area contributed by atoms with E-state index in [1.165, 1.54) is 24.0 Å². The van der Waals surface area contributed by atoms with Crippen LogP contribution < -0.4 is 0 Å². The molecule has 3 heteroatoms. The minimum absolute atomic E-state index is 0.273. The molecule has 1 aliphatic carbocycles. The van der Waals surface area contributed by atoms with Gasteiger partial charge in [0.05, 0.1) is 12.7 Å². The second kappa shape index (κ2) is 5.72. The Bertz CT molecular complexity index is 405. The molecule has 0 saturated heterocycles. The van der Waals surface area contributed by atoms with Gasteiger partial charge in [0, 0.05) is 24.5 Å². The zero-order valence-electron chi connectivity index (χ0n) is 10.6. The van der Waals surface area contributed by atoms with Crippen molar-refractivity contribution in [1.29, 1.82) is 0 Å². The molecule has 0 radical (unpaired) electrons. The highest BCUT2D eigenvalue weighted by Crippen LogP contribution is 2.32. The standard InChI is InChI=1S/C15H20BrNO/c16-8-9-17(13-5-6-13)11-15-14-4-2-1-3-12(14)7-10-18-15/h1-4,13,15H,5-11H2. The van der Waals surface area contributed by atoms with Crippen LogP contribution in [0.3, 0.4) is 0 Å². The Kier molecular flexibility index (Phi) is 4.02. The van der Waals surface area contributed by atoms with Gasteiger partial charge < -0.3 is 4.74 Å². The molecule has 0 bridgehead atoms. The molecule has 0 aromatic heterocycles. The maximum Gasteiger partial charge on any atom is 0.0954 e. The van der Waals surface area contributed by atoms with Crippen LogP contribution in [0, 0.1) is 0 Å². The van der Waals surface area contributed by atoms with E-state index < -0.39 is 0 Å². The highest BCUT2D eigenvalue weighted by atomic mass is 79.9. The summed E-state index contributed by atoms with van der Waals surface area (Å²) in [7, 11) is 0. The first-order chi connectivity index (χ1) is 8.88. The summed E-state index contributed by atoms with van der Waals surface area (Å²) in [4.78, 5) is 2.58. The third-order valence-corrected chi connectivity index (χ3v) is 4.28. The molecule has 98 valence electrons. The highest BCUT2D eigenvalue weighted by Gasteiger charge is 2.31. The van der Waals surface area contributed by atoms with Crippen molar-refractivity contribution in [2.75, 3.05) is 25.0 Å². The van der Waals surface area contributed by atoms with Gasteiger partial charge in [0.25, 0.3) is 0 Å². The van der Waals surface area contributed by atoms with Crippen molar-refractivity contribution < 1.29 is 4.74 Å². The third-order valence-electron chi connectivity index (χ3n) is 3.93. The molecule has 0 spiro atoms. The second-order valence-electron chi connectivity index (χ2n) is 5.22. The van der Waals surface area contributed by atoms with Crippen molar-refractivity contribution in [3.63, 3.8) is 0 Å². The number of ether oxygens (including phenoxy) is 1. The zero-order chi connectivity index (χ0) is 12.4. The van der Waals surface area contributed by atoms with E-state index in [2.05, 4.69) is 45.1 Å². The Hall–Kier alpha value is -0.380. The van der Waals surface area contributed by atoms with E-state index in [1.54, 1.807) is 0 Å². The predicted molar refractivity (Wildman–Crippen MR) is 77.2 cm³/mol. The van der Waals surface area contributed by atoms with E-state index >= 15 is 0 Å². The molecular weight excluding hydrogens is 290 g/mol. The fourth-order valence-corrected chi connectivity index (χ4v) is 3.27. The second-order valence-corrected chi connectivity index (χ2v) is 6.02. The van der Waals surface area contributed by atoms with Crippen molar-refractivity contribution in [3.8, 4) is 0 Å². The van der Waals surface area contributed by atoms with Crippen LogP contribution in [0.15, 0.2) is 24.3 Å². The summed E-state index contributed by atoms with van der Waals surface area (Å²) in [6.45, 7) is 3.05. The van der Waals surface area contributed by atoms with Gasteiger partial charge in [-0.15, -0.1) is 0 Å². The fraction of sp³-hybridized carbons (Fsp3) is 0.600. The molecule has 1 fully saturated rings. The predicted octanol–water partition coefficient (Wildman–Crippen LogP) is 3.16. The summed E-state index contributed by atoms with van der Waals surface area (Å²) in [5.41, 5.74) is 2.88. The third kappa shape index (κ3) is 2.79. The molecule has 0 N–H and O–H groups in total. The highest BCUT2D eigenvalue weighted by molar-refractivity contribution is 9.09. The lowest BCUT2D eigenvalue weighted by molar-refractivity contribution is 0.0154. The van der Waals surface area contributed by atoms with Gasteiger partial charge in [0.1, 0.15) is 0 Å². The summed E-state index contributed by atoms with van der Waals surface area (Å²) >= 11 is 3.56. The Labute approximate surface area is 117 Å². The van der Waals surface area contributed by atoms with E-state index in [0.717, 1.165) is 37.5 Å². The van der Waals surface area contributed by atoms with Crippen molar-refractivity contribution in [2.45, 2.75) is 31.4 Å². The van der Waals surface area contributed by atoms with Crippen LogP contribution in [-0.4, -0.2) is 36.0 Å². The molecule has 18 heavy (non-hydrogen) atoms. The Balaban J connectivity index is 1.72. The van der Waals surface area contributed by atoms with Crippen LogP contribution >= 0.6 is 15.9 Å². The van der Waals surface area contributed by atoms with Gasteiger partial charge >= 0.3 is 0 Å². The summed E-state index contributed by atoms with van der Waals surface area (Å²) in [6, 6.07) is 9.56. The van der Waals surface area contributed by atoms with Gasteiger partial charge in [0.2, 0.25) is 0 Å². The van der Waals surface area contributed by atoms with Gasteiger partial charge in [-0.05, 0) is 30.4 Å². The number of nitrogens with zero attached hydrogens (tertiary/aromatic N) is 1. The van der Waals surface area contributed by atoms with E-state index in [9.17, 15) is 0 Å². The van der Waals surface area contributed by atoms with Crippen LogP contribution in [0.5, 0.6) is 0 Å². The summed E-state index contributed by atoms with van der Waals surface area (Å²) in [5.74, 6) is 0. The Morgan fingerprint density at radius 3 is 2.89 bits per heavy atom. The molecule has 1 unspecified atom stereocenters. The van der Waals surface area contributed by atoms with Crippen molar-refractivity contribution in [3.05, 3.63) is 35.4 Å². The zero-order valence-corrected chi connectivity index (χ0v) is 12.2. The first kappa shape index (κ1) is 12.6. The average molecular weight is 310 g/mol. The van der Waals surface area contributed by atoms with Crippen LogP contribution in [0.25, 0.3) is 0 Å². The monoisotopic (exact) mass is 309 g/mol. The Morgan fingerprint density at radius 2 is 2.11 bits per heavy atom. The SMILES string of the molecule is BrCCN(CC1OCCc2ccccc21)C1CC1. The summed E-state index contributed by atoms with van der Waals surface area (Å²) in [6.07, 6.45) is 4.06. The van der Waals surface area contributed by atoms with Gasteiger partial charge in [0.15, 0.2) is 0 Å². The number of benzene rings is 1. The molecule has 1 aliphatic heterocycles. The number of fused-ring (bicyclic) bond motifs is 1. The molecule has 1 atom stereocenters. The topological polar surface area (TPSA) is 12.5 Å². The molecule has 2 nitrogen and oxygen atoms in total. The van der Waals surface area contributed by atoms with Crippen molar-refractivity contribution in [2.24, 2.45) is 0 Å². The van der Waals surface area contributed by atoms with E-state index in [-0.39, 0.29) is 6.10 Å². The average Bonchev–Trinajstić information content (AvgIpc) is 3.23. The molecule has 0 amide bonds. The minimum Gasteiger partial charge on any atom is -0.372 e. The number of halogens is 1. The maximum atomic E-state index is 6.00. The number of alkyl halides is 1. The van der Waals surface area contributed by atoms with Gasteiger partial charge in [-0.2, -0.15) is 0 Å². The Morgan fingerprint density at radius 1 is 1.28 bits per heavy atom. The lowest BCUT2D eigenvalue weighted by Gasteiger charge is -2.31. The molecular formula is C15H20BrNO. The summed E-state index contributed by atoms with van der Waals surface area (Å²) < 4.78 is 6.00. The van der Waals surface area contributed by atoms with Crippen LogP contribution in [0.2, 0.25) is 0 Å². The van der Waals surface area contributed by atoms with E-state index in [0.29, 0.717) is 0 Å². The lowest BCUT2D eigenvalue weighted by atomic mass is 9.97. The molecule has 1 saturated carbocycles. The molecule has 1 aromatic carbocycles. The number of hydrogen-bond donors (Lipinski definition) is 0. The first-order valence-corrected chi connectivity index (χ1v) is 8.00. The van der Waals surface area contributed by atoms with Gasteiger partial charge in [-0.25, -0.2) is 0 Å². The molecule has 1 heterocycles. The quantitative estimate of drug-likeness (QED) is 0.775. The largest absolute Gasteiger partial charge is 0.372 e. The van der Waals surface area contributed by atoms with E-state index in [1.807, 2.05) is 0 Å². The molecule has 2 aliphatic rings. The first-order valence-electron chi connectivity index (χ1n) is 6.88. The molecule has 1 aromatic rings. The fourth-order valence-electron chi connectivity index (χ4n) is 2.81. The van der Waals surface area contributed by atoms with Crippen LogP contribution in [-0.2, 0) is 11.2 Å². The van der Waals surface area contributed by atoms with Crippen molar-refractivity contribution >= 4 is 15.9 Å². The van der Waals surface area contributed by atoms with E-state index in [4.69, 9.17) is 4.74 Å². The number of hydrogen-bond acceptors (Lipinski definition) is 2. The minimum atomic E-state index is 0.273. The van der Waals surface area contributed by atoms with Crippen molar-refractivity contribution in [1.82, 2.24) is 4.90 Å². The molecule has 3 rings (SSSR count). The lowest BCUT2D eigenvalue weighted by Crippen LogP contribution is -2.35. The van der Waals surface area contributed by atoms with Gasteiger partial charge in [-0.1, -0.05) is 40.2 Å². The van der Waals surface area contributed by atoms with Crippen LogP contribution in [0.1, 0.15) is 30.1 Å². The maximum absolute atomic E-state index is 6.00.